The van der Waals surface area contributed by atoms with E-state index in [9.17, 15) is 0 Å². The second kappa shape index (κ2) is 3.94. The number of hydrogen-bond acceptors (Lipinski definition) is 2. The number of allylic oxidation sites excluding steroid dienone is 1. The molecule has 0 amide bonds. The van der Waals surface area contributed by atoms with Crippen LogP contribution in [0.2, 0.25) is 0 Å². The van der Waals surface area contributed by atoms with Crippen molar-refractivity contribution in [3.63, 3.8) is 0 Å². The molecule has 1 fully saturated rings. The van der Waals surface area contributed by atoms with Crippen LogP contribution in [0.1, 0.15) is 27.2 Å². The molecule has 0 bridgehead atoms. The van der Waals surface area contributed by atoms with E-state index in [1.165, 1.54) is 5.57 Å². The molecule has 0 spiro atoms. The van der Waals surface area contributed by atoms with Gasteiger partial charge in [0.1, 0.15) is 0 Å². The molecule has 0 aromatic carbocycles. The van der Waals surface area contributed by atoms with Gasteiger partial charge in [-0.3, -0.25) is 0 Å². The van der Waals surface area contributed by atoms with Gasteiger partial charge >= 0.3 is 0 Å². The molecule has 0 saturated carbocycles. The smallest absolute Gasteiger partial charge is 0.0880 e. The SMILES string of the molecule is CC(C)=COCCC1(C)COC1. The molecule has 12 heavy (non-hydrogen) atoms. The van der Waals surface area contributed by atoms with Gasteiger partial charge in [0, 0.05) is 5.41 Å². The Morgan fingerprint density at radius 1 is 1.50 bits per heavy atom. The van der Waals surface area contributed by atoms with Crippen molar-refractivity contribution in [3.05, 3.63) is 11.8 Å². The molecule has 2 heteroatoms. The second-order valence-corrected chi connectivity index (χ2v) is 4.12. The van der Waals surface area contributed by atoms with Crippen LogP contribution in [-0.4, -0.2) is 19.8 Å². The lowest BCUT2D eigenvalue weighted by Gasteiger charge is -2.37. The zero-order valence-corrected chi connectivity index (χ0v) is 8.22. The molecule has 0 radical (unpaired) electrons. The van der Waals surface area contributed by atoms with Gasteiger partial charge < -0.3 is 9.47 Å². The molecule has 0 atom stereocenters. The maximum absolute atomic E-state index is 5.35. The van der Waals surface area contributed by atoms with E-state index in [1.54, 1.807) is 0 Å². The Hall–Kier alpha value is -0.500. The largest absolute Gasteiger partial charge is 0.501 e. The van der Waals surface area contributed by atoms with E-state index < -0.39 is 0 Å². The van der Waals surface area contributed by atoms with Crippen molar-refractivity contribution in [2.24, 2.45) is 5.41 Å². The molecule has 2 nitrogen and oxygen atoms in total. The molecule has 0 N–H and O–H groups in total. The summed E-state index contributed by atoms with van der Waals surface area (Å²) in [6.07, 6.45) is 2.92. The van der Waals surface area contributed by atoms with Crippen LogP contribution in [0.15, 0.2) is 11.8 Å². The number of rotatable bonds is 4. The second-order valence-electron chi connectivity index (χ2n) is 4.12. The molecule has 0 aromatic rings. The molecular formula is C10H18O2. The van der Waals surface area contributed by atoms with Crippen molar-refractivity contribution in [3.8, 4) is 0 Å². The lowest BCUT2D eigenvalue weighted by Crippen LogP contribution is -2.40. The molecule has 1 heterocycles. The lowest BCUT2D eigenvalue weighted by molar-refractivity contribution is -0.111. The van der Waals surface area contributed by atoms with Gasteiger partial charge in [0.15, 0.2) is 0 Å². The maximum atomic E-state index is 5.35. The van der Waals surface area contributed by atoms with Crippen LogP contribution in [-0.2, 0) is 9.47 Å². The highest BCUT2D eigenvalue weighted by Crippen LogP contribution is 2.30. The van der Waals surface area contributed by atoms with Crippen LogP contribution < -0.4 is 0 Å². The van der Waals surface area contributed by atoms with Gasteiger partial charge in [0.2, 0.25) is 0 Å². The summed E-state index contributed by atoms with van der Waals surface area (Å²) in [5.41, 5.74) is 1.60. The van der Waals surface area contributed by atoms with Crippen molar-refractivity contribution in [1.82, 2.24) is 0 Å². The maximum Gasteiger partial charge on any atom is 0.0880 e. The summed E-state index contributed by atoms with van der Waals surface area (Å²) in [4.78, 5) is 0. The van der Waals surface area contributed by atoms with E-state index in [4.69, 9.17) is 9.47 Å². The Morgan fingerprint density at radius 2 is 2.17 bits per heavy atom. The molecular weight excluding hydrogens is 152 g/mol. The minimum atomic E-state index is 0.384. The monoisotopic (exact) mass is 170 g/mol. The fourth-order valence-corrected chi connectivity index (χ4v) is 1.13. The third-order valence-corrected chi connectivity index (χ3v) is 2.04. The molecule has 1 aliphatic rings. The Morgan fingerprint density at radius 3 is 2.58 bits per heavy atom. The predicted octanol–water partition coefficient (Wildman–Crippen LogP) is 2.35. The highest BCUT2D eigenvalue weighted by molar-refractivity contribution is 4.87. The van der Waals surface area contributed by atoms with Crippen LogP contribution in [0.3, 0.4) is 0 Å². The fourth-order valence-electron chi connectivity index (χ4n) is 1.13. The van der Waals surface area contributed by atoms with Gasteiger partial charge in [-0.05, 0) is 25.8 Å². The average molecular weight is 170 g/mol. The average Bonchev–Trinajstić information content (AvgIpc) is 1.94. The first-order valence-electron chi connectivity index (χ1n) is 4.45. The molecule has 0 unspecified atom stereocenters. The van der Waals surface area contributed by atoms with Gasteiger partial charge in [-0.2, -0.15) is 0 Å². The van der Waals surface area contributed by atoms with Gasteiger partial charge in [-0.15, -0.1) is 0 Å². The first-order valence-corrected chi connectivity index (χ1v) is 4.45. The van der Waals surface area contributed by atoms with Gasteiger partial charge in [-0.25, -0.2) is 0 Å². The molecule has 1 rings (SSSR count). The quantitative estimate of drug-likeness (QED) is 0.476. The molecule has 1 aliphatic heterocycles. The summed E-state index contributed by atoms with van der Waals surface area (Å²) in [6, 6.07) is 0. The molecule has 0 aromatic heterocycles. The minimum Gasteiger partial charge on any atom is -0.501 e. The number of hydrogen-bond donors (Lipinski definition) is 0. The number of ether oxygens (including phenoxy) is 2. The van der Waals surface area contributed by atoms with Crippen molar-refractivity contribution in [2.45, 2.75) is 27.2 Å². The van der Waals surface area contributed by atoms with Crippen molar-refractivity contribution in [1.29, 1.82) is 0 Å². The van der Waals surface area contributed by atoms with Crippen molar-refractivity contribution >= 4 is 0 Å². The topological polar surface area (TPSA) is 18.5 Å². The van der Waals surface area contributed by atoms with Gasteiger partial charge in [-0.1, -0.05) is 6.92 Å². The minimum absolute atomic E-state index is 0.384. The van der Waals surface area contributed by atoms with E-state index in [2.05, 4.69) is 6.92 Å². The van der Waals surface area contributed by atoms with Crippen LogP contribution >= 0.6 is 0 Å². The standard InChI is InChI=1S/C10H18O2/c1-9(2)6-11-5-4-10(3)7-12-8-10/h6H,4-5,7-8H2,1-3H3. The summed E-state index contributed by atoms with van der Waals surface area (Å²) in [5, 5.41) is 0. The predicted molar refractivity (Wildman–Crippen MR) is 48.9 cm³/mol. The van der Waals surface area contributed by atoms with Crippen molar-refractivity contribution in [2.75, 3.05) is 19.8 Å². The van der Waals surface area contributed by atoms with E-state index in [-0.39, 0.29) is 0 Å². The van der Waals surface area contributed by atoms with Gasteiger partial charge in [0.25, 0.3) is 0 Å². The Kier molecular flexibility index (Phi) is 3.15. The summed E-state index contributed by atoms with van der Waals surface area (Å²) in [5.74, 6) is 0. The summed E-state index contributed by atoms with van der Waals surface area (Å²) < 4.78 is 10.5. The lowest BCUT2D eigenvalue weighted by atomic mass is 9.85. The first kappa shape index (κ1) is 9.59. The Labute approximate surface area is 74.6 Å². The van der Waals surface area contributed by atoms with E-state index in [0.29, 0.717) is 5.41 Å². The third kappa shape index (κ3) is 2.86. The molecule has 70 valence electrons. The molecule has 1 saturated heterocycles. The van der Waals surface area contributed by atoms with Crippen LogP contribution in [0.4, 0.5) is 0 Å². The Balaban J connectivity index is 2.06. The zero-order valence-electron chi connectivity index (χ0n) is 8.22. The summed E-state index contributed by atoms with van der Waals surface area (Å²) in [7, 11) is 0. The van der Waals surface area contributed by atoms with E-state index >= 15 is 0 Å². The third-order valence-electron chi connectivity index (χ3n) is 2.04. The first-order chi connectivity index (χ1) is 5.62. The fraction of sp³-hybridized carbons (Fsp3) is 0.800. The van der Waals surface area contributed by atoms with Crippen LogP contribution in [0.25, 0.3) is 0 Å². The summed E-state index contributed by atoms with van der Waals surface area (Å²) in [6.45, 7) is 8.91. The Bertz CT molecular complexity index is 165. The highest BCUT2D eigenvalue weighted by atomic mass is 16.5. The van der Waals surface area contributed by atoms with Gasteiger partial charge in [0.05, 0.1) is 26.1 Å². The summed E-state index contributed by atoms with van der Waals surface area (Å²) >= 11 is 0. The normalized spacial score (nSPS) is 19.6. The van der Waals surface area contributed by atoms with E-state index in [0.717, 1.165) is 26.2 Å². The highest BCUT2D eigenvalue weighted by Gasteiger charge is 2.32. The van der Waals surface area contributed by atoms with E-state index in [1.807, 2.05) is 20.1 Å². The zero-order chi connectivity index (χ0) is 9.03. The van der Waals surface area contributed by atoms with Crippen LogP contribution in [0, 0.1) is 5.41 Å². The van der Waals surface area contributed by atoms with Crippen molar-refractivity contribution < 1.29 is 9.47 Å². The molecule has 0 aliphatic carbocycles. The van der Waals surface area contributed by atoms with Crippen LogP contribution in [0.5, 0.6) is 0 Å².